The fraction of sp³-hybridized carbons (Fsp3) is 0.625. The van der Waals surface area contributed by atoms with E-state index in [0.717, 1.165) is 38.2 Å². The molecule has 2 aliphatic heterocycles. The zero-order chi connectivity index (χ0) is 14.8. The minimum Gasteiger partial charge on any atom is -0.454 e. The van der Waals surface area contributed by atoms with Crippen LogP contribution in [-0.2, 0) is 6.54 Å². The molecule has 1 aromatic rings. The van der Waals surface area contributed by atoms with Gasteiger partial charge < -0.3 is 14.8 Å². The number of halogens is 1. The summed E-state index contributed by atoms with van der Waals surface area (Å²) >= 11 is 6.28. The Morgan fingerprint density at radius 2 is 2.14 bits per heavy atom. The Hall–Kier alpha value is -0.970. The van der Waals surface area contributed by atoms with Crippen LogP contribution in [0.1, 0.15) is 32.3 Å². The molecule has 5 heteroatoms. The Balaban J connectivity index is 1.76. The topological polar surface area (TPSA) is 33.7 Å². The van der Waals surface area contributed by atoms with Crippen molar-refractivity contribution in [1.82, 2.24) is 10.2 Å². The molecule has 1 N–H and O–H groups in total. The quantitative estimate of drug-likeness (QED) is 0.927. The number of piperazine rings is 1. The molecular formula is C16H23ClN2O2. The Kier molecular flexibility index (Phi) is 4.57. The van der Waals surface area contributed by atoms with Crippen molar-refractivity contribution >= 4 is 11.6 Å². The third-order valence-corrected chi connectivity index (χ3v) is 4.73. The lowest BCUT2D eigenvalue weighted by Gasteiger charge is -2.40. The van der Waals surface area contributed by atoms with Crippen molar-refractivity contribution in [2.75, 3.05) is 19.9 Å². The van der Waals surface area contributed by atoms with Crippen LogP contribution in [0.5, 0.6) is 11.5 Å². The van der Waals surface area contributed by atoms with Crippen LogP contribution in [0.25, 0.3) is 0 Å². The molecule has 1 saturated heterocycles. The average Bonchev–Trinajstić information content (AvgIpc) is 2.96. The molecule has 21 heavy (non-hydrogen) atoms. The highest BCUT2D eigenvalue weighted by Crippen LogP contribution is 2.40. The van der Waals surface area contributed by atoms with E-state index in [1.54, 1.807) is 0 Å². The van der Waals surface area contributed by atoms with Gasteiger partial charge in [-0.25, -0.2) is 0 Å². The van der Waals surface area contributed by atoms with Crippen molar-refractivity contribution in [2.45, 2.75) is 45.3 Å². The summed E-state index contributed by atoms with van der Waals surface area (Å²) in [6, 6.07) is 5.23. The van der Waals surface area contributed by atoms with E-state index >= 15 is 0 Å². The zero-order valence-electron chi connectivity index (χ0n) is 12.7. The predicted molar refractivity (Wildman–Crippen MR) is 84.1 cm³/mol. The molecule has 0 amide bonds. The third kappa shape index (κ3) is 3.12. The normalized spacial score (nSPS) is 25.3. The number of ether oxygens (including phenoxy) is 2. The first-order valence-corrected chi connectivity index (χ1v) is 8.14. The Bertz CT molecular complexity index is 509. The molecule has 0 bridgehead atoms. The lowest BCUT2D eigenvalue weighted by Crippen LogP contribution is -2.55. The SMILES string of the molecule is CCC1CN(Cc2cc(Cl)c3c(c2)OCO3)C(CC)CN1. The van der Waals surface area contributed by atoms with Crippen LogP contribution in [0.4, 0.5) is 0 Å². The van der Waals surface area contributed by atoms with Crippen LogP contribution in [0.2, 0.25) is 5.02 Å². The van der Waals surface area contributed by atoms with Crippen LogP contribution >= 0.6 is 11.6 Å². The monoisotopic (exact) mass is 310 g/mol. The van der Waals surface area contributed by atoms with Gasteiger partial charge in [0.1, 0.15) is 0 Å². The summed E-state index contributed by atoms with van der Waals surface area (Å²) in [6.07, 6.45) is 2.32. The van der Waals surface area contributed by atoms with Gasteiger partial charge in [-0.05, 0) is 30.5 Å². The van der Waals surface area contributed by atoms with Gasteiger partial charge in [0.15, 0.2) is 11.5 Å². The maximum Gasteiger partial charge on any atom is 0.231 e. The summed E-state index contributed by atoms with van der Waals surface area (Å²) < 4.78 is 10.8. The van der Waals surface area contributed by atoms with E-state index in [4.69, 9.17) is 21.1 Å². The maximum atomic E-state index is 6.28. The molecular weight excluding hydrogens is 288 g/mol. The van der Waals surface area contributed by atoms with Crippen LogP contribution < -0.4 is 14.8 Å². The molecule has 116 valence electrons. The van der Waals surface area contributed by atoms with E-state index < -0.39 is 0 Å². The van der Waals surface area contributed by atoms with Gasteiger partial charge in [-0.3, -0.25) is 4.90 Å². The summed E-state index contributed by atoms with van der Waals surface area (Å²) in [5, 5.41) is 4.27. The Morgan fingerprint density at radius 3 is 2.90 bits per heavy atom. The van der Waals surface area contributed by atoms with Gasteiger partial charge in [0.2, 0.25) is 6.79 Å². The van der Waals surface area contributed by atoms with Crippen molar-refractivity contribution in [3.05, 3.63) is 22.7 Å². The fourth-order valence-electron chi connectivity index (χ4n) is 3.14. The number of nitrogens with zero attached hydrogens (tertiary/aromatic N) is 1. The highest BCUT2D eigenvalue weighted by molar-refractivity contribution is 6.32. The maximum absolute atomic E-state index is 6.28. The lowest BCUT2D eigenvalue weighted by atomic mass is 10.0. The Morgan fingerprint density at radius 1 is 1.29 bits per heavy atom. The molecule has 4 nitrogen and oxygen atoms in total. The van der Waals surface area contributed by atoms with Crippen molar-refractivity contribution in [3.8, 4) is 11.5 Å². The molecule has 1 aromatic carbocycles. The standard InChI is InChI=1S/C16H23ClN2O2/c1-3-12-9-19(13(4-2)7-18-12)8-11-5-14(17)16-15(6-11)20-10-21-16/h5-6,12-13,18H,3-4,7-10H2,1-2H3. The largest absolute Gasteiger partial charge is 0.454 e. The number of nitrogens with one attached hydrogen (secondary N) is 1. The average molecular weight is 311 g/mol. The van der Waals surface area contributed by atoms with Crippen molar-refractivity contribution in [3.63, 3.8) is 0 Å². The molecule has 0 aromatic heterocycles. The first kappa shape index (κ1) is 14.9. The number of fused-ring (bicyclic) bond motifs is 1. The van der Waals surface area contributed by atoms with Crippen molar-refractivity contribution < 1.29 is 9.47 Å². The van der Waals surface area contributed by atoms with Gasteiger partial charge in [0, 0.05) is 31.7 Å². The highest BCUT2D eigenvalue weighted by Gasteiger charge is 2.27. The molecule has 0 radical (unpaired) electrons. The van der Waals surface area contributed by atoms with Gasteiger partial charge in [0.25, 0.3) is 0 Å². The van der Waals surface area contributed by atoms with Crippen molar-refractivity contribution in [2.24, 2.45) is 0 Å². The van der Waals surface area contributed by atoms with Gasteiger partial charge in [-0.1, -0.05) is 25.4 Å². The van der Waals surface area contributed by atoms with E-state index in [1.807, 2.05) is 6.07 Å². The first-order valence-electron chi connectivity index (χ1n) is 7.76. The van der Waals surface area contributed by atoms with Crippen LogP contribution in [0.15, 0.2) is 12.1 Å². The summed E-state index contributed by atoms with van der Waals surface area (Å²) in [5.41, 5.74) is 1.19. The fourth-order valence-corrected chi connectivity index (χ4v) is 3.43. The van der Waals surface area contributed by atoms with E-state index in [1.165, 1.54) is 5.56 Å². The lowest BCUT2D eigenvalue weighted by molar-refractivity contribution is 0.117. The second kappa shape index (κ2) is 6.42. The first-order chi connectivity index (χ1) is 10.2. The molecule has 3 rings (SSSR count). The molecule has 2 unspecified atom stereocenters. The van der Waals surface area contributed by atoms with Gasteiger partial charge in [-0.2, -0.15) is 0 Å². The molecule has 0 saturated carbocycles. The number of hydrogen-bond acceptors (Lipinski definition) is 4. The smallest absolute Gasteiger partial charge is 0.231 e. The molecule has 0 aliphatic carbocycles. The predicted octanol–water partition coefficient (Wildman–Crippen LogP) is 3.03. The molecule has 0 spiro atoms. The summed E-state index contributed by atoms with van der Waals surface area (Å²) in [4.78, 5) is 2.55. The minimum absolute atomic E-state index is 0.266. The number of rotatable bonds is 4. The molecule has 1 fully saturated rings. The summed E-state index contributed by atoms with van der Waals surface area (Å²) in [6.45, 7) is 7.81. The highest BCUT2D eigenvalue weighted by atomic mass is 35.5. The zero-order valence-corrected chi connectivity index (χ0v) is 13.4. The minimum atomic E-state index is 0.266. The van der Waals surface area contributed by atoms with Crippen LogP contribution in [-0.4, -0.2) is 36.9 Å². The van der Waals surface area contributed by atoms with E-state index in [-0.39, 0.29) is 6.79 Å². The van der Waals surface area contributed by atoms with Gasteiger partial charge in [0.05, 0.1) is 5.02 Å². The van der Waals surface area contributed by atoms with Gasteiger partial charge in [-0.15, -0.1) is 0 Å². The molecule has 2 heterocycles. The van der Waals surface area contributed by atoms with E-state index in [2.05, 4.69) is 30.1 Å². The van der Waals surface area contributed by atoms with Crippen molar-refractivity contribution in [1.29, 1.82) is 0 Å². The van der Waals surface area contributed by atoms with E-state index in [0.29, 0.717) is 22.9 Å². The number of benzene rings is 1. The van der Waals surface area contributed by atoms with Gasteiger partial charge >= 0.3 is 0 Å². The second-order valence-electron chi connectivity index (χ2n) is 5.82. The molecule has 2 atom stereocenters. The summed E-state index contributed by atoms with van der Waals surface area (Å²) in [5.74, 6) is 1.45. The third-order valence-electron chi connectivity index (χ3n) is 4.45. The summed E-state index contributed by atoms with van der Waals surface area (Å²) in [7, 11) is 0. The molecule has 2 aliphatic rings. The number of hydrogen-bond donors (Lipinski definition) is 1. The second-order valence-corrected chi connectivity index (χ2v) is 6.22. The van der Waals surface area contributed by atoms with Crippen LogP contribution in [0, 0.1) is 0 Å². The van der Waals surface area contributed by atoms with Crippen LogP contribution in [0.3, 0.4) is 0 Å². The van der Waals surface area contributed by atoms with E-state index in [9.17, 15) is 0 Å². The Labute approximate surface area is 131 Å².